The summed E-state index contributed by atoms with van der Waals surface area (Å²) in [5.74, 6) is 0.0717. The maximum atomic E-state index is 12.7. The van der Waals surface area contributed by atoms with Crippen molar-refractivity contribution in [2.75, 3.05) is 5.32 Å². The Bertz CT molecular complexity index is 803. The number of amides is 1. The second kappa shape index (κ2) is 4.45. The van der Waals surface area contributed by atoms with Crippen LogP contribution in [0.4, 0.5) is 5.69 Å². The molecule has 104 valence electrons. The summed E-state index contributed by atoms with van der Waals surface area (Å²) in [5.41, 5.74) is 2.49. The highest BCUT2D eigenvalue weighted by atomic mass is 16.2. The monoisotopic (exact) mass is 277 g/mol. The Morgan fingerprint density at radius 3 is 2.67 bits per heavy atom. The van der Waals surface area contributed by atoms with Crippen molar-refractivity contribution in [3.8, 4) is 0 Å². The standard InChI is InChI=1S/C17H15N3O/c21-16(17(9-10-17)12-5-2-1-3-6-12)19-14-7-4-8-15-13(14)11-18-20-15/h1-8,11H,9-10H2,(H,18,20)(H,19,21). The van der Waals surface area contributed by atoms with Crippen LogP contribution in [0.25, 0.3) is 10.9 Å². The molecule has 0 radical (unpaired) electrons. The first kappa shape index (κ1) is 12.1. The quantitative estimate of drug-likeness (QED) is 0.772. The number of fused-ring (bicyclic) bond motifs is 1. The average molecular weight is 277 g/mol. The maximum absolute atomic E-state index is 12.7. The van der Waals surface area contributed by atoms with Crippen molar-refractivity contribution < 1.29 is 4.79 Å². The first-order chi connectivity index (χ1) is 10.3. The minimum Gasteiger partial charge on any atom is -0.325 e. The van der Waals surface area contributed by atoms with Gasteiger partial charge in [0.25, 0.3) is 0 Å². The van der Waals surface area contributed by atoms with Gasteiger partial charge >= 0.3 is 0 Å². The predicted octanol–water partition coefficient (Wildman–Crippen LogP) is 3.23. The van der Waals surface area contributed by atoms with Crippen LogP contribution in [0.1, 0.15) is 18.4 Å². The van der Waals surface area contributed by atoms with Crippen LogP contribution in [0.3, 0.4) is 0 Å². The molecule has 1 amide bonds. The van der Waals surface area contributed by atoms with E-state index in [-0.39, 0.29) is 11.3 Å². The molecule has 1 fully saturated rings. The molecule has 2 N–H and O–H groups in total. The first-order valence-corrected chi connectivity index (χ1v) is 7.09. The van der Waals surface area contributed by atoms with E-state index in [2.05, 4.69) is 15.5 Å². The Hall–Kier alpha value is -2.62. The highest BCUT2D eigenvalue weighted by Gasteiger charge is 2.51. The Morgan fingerprint density at radius 1 is 1.10 bits per heavy atom. The van der Waals surface area contributed by atoms with Gasteiger partial charge in [-0.05, 0) is 30.5 Å². The highest BCUT2D eigenvalue weighted by molar-refractivity contribution is 6.06. The van der Waals surface area contributed by atoms with Gasteiger partial charge in [-0.1, -0.05) is 36.4 Å². The molecule has 1 heterocycles. The molecule has 21 heavy (non-hydrogen) atoms. The smallest absolute Gasteiger partial charge is 0.235 e. The minimum absolute atomic E-state index is 0.0717. The molecule has 0 atom stereocenters. The van der Waals surface area contributed by atoms with Gasteiger partial charge in [0.05, 0.1) is 22.8 Å². The number of carbonyl (C=O) groups excluding carboxylic acids is 1. The Kier molecular flexibility index (Phi) is 2.57. The van der Waals surface area contributed by atoms with Crippen LogP contribution in [0.2, 0.25) is 0 Å². The fraction of sp³-hybridized carbons (Fsp3) is 0.176. The number of nitrogens with one attached hydrogen (secondary N) is 2. The van der Waals surface area contributed by atoms with Crippen LogP contribution < -0.4 is 5.32 Å². The van der Waals surface area contributed by atoms with Gasteiger partial charge < -0.3 is 5.32 Å². The number of hydrogen-bond donors (Lipinski definition) is 2. The topological polar surface area (TPSA) is 57.8 Å². The van der Waals surface area contributed by atoms with E-state index in [1.807, 2.05) is 48.5 Å². The zero-order chi connectivity index (χ0) is 14.3. The number of hydrogen-bond acceptors (Lipinski definition) is 2. The van der Waals surface area contributed by atoms with Crippen LogP contribution in [-0.2, 0) is 10.2 Å². The predicted molar refractivity (Wildman–Crippen MR) is 82.1 cm³/mol. The van der Waals surface area contributed by atoms with E-state index < -0.39 is 0 Å². The van der Waals surface area contributed by atoms with Gasteiger partial charge in [-0.25, -0.2) is 0 Å². The Morgan fingerprint density at radius 2 is 1.90 bits per heavy atom. The molecule has 1 aromatic heterocycles. The number of carbonyl (C=O) groups is 1. The van der Waals surface area contributed by atoms with Crippen LogP contribution in [0.15, 0.2) is 54.7 Å². The van der Waals surface area contributed by atoms with Crippen molar-refractivity contribution in [3.05, 3.63) is 60.3 Å². The van der Waals surface area contributed by atoms with Crippen molar-refractivity contribution in [2.24, 2.45) is 0 Å². The van der Waals surface area contributed by atoms with Crippen LogP contribution >= 0.6 is 0 Å². The minimum atomic E-state index is -0.354. The zero-order valence-corrected chi connectivity index (χ0v) is 11.5. The average Bonchev–Trinajstić information content (AvgIpc) is 3.20. The zero-order valence-electron chi connectivity index (χ0n) is 11.5. The summed E-state index contributed by atoms with van der Waals surface area (Å²) in [6, 6.07) is 15.8. The molecule has 3 aromatic rings. The van der Waals surface area contributed by atoms with E-state index in [9.17, 15) is 4.79 Å². The lowest BCUT2D eigenvalue weighted by molar-refractivity contribution is -0.118. The Labute approximate surface area is 122 Å². The molecular weight excluding hydrogens is 262 g/mol. The summed E-state index contributed by atoms with van der Waals surface area (Å²) in [6.45, 7) is 0. The van der Waals surface area contributed by atoms with E-state index in [0.29, 0.717) is 0 Å². The second-order valence-electron chi connectivity index (χ2n) is 5.54. The molecule has 0 bridgehead atoms. The largest absolute Gasteiger partial charge is 0.325 e. The molecular formula is C17H15N3O. The summed E-state index contributed by atoms with van der Waals surface area (Å²) in [4.78, 5) is 12.7. The summed E-state index contributed by atoms with van der Waals surface area (Å²) < 4.78 is 0. The van der Waals surface area contributed by atoms with Crippen molar-refractivity contribution in [1.29, 1.82) is 0 Å². The molecule has 0 saturated heterocycles. The van der Waals surface area contributed by atoms with Crippen molar-refractivity contribution >= 4 is 22.5 Å². The number of benzene rings is 2. The number of anilines is 1. The van der Waals surface area contributed by atoms with Crippen LogP contribution in [-0.4, -0.2) is 16.1 Å². The lowest BCUT2D eigenvalue weighted by Gasteiger charge is -2.16. The van der Waals surface area contributed by atoms with E-state index in [4.69, 9.17) is 0 Å². The molecule has 0 unspecified atom stereocenters. The summed E-state index contributed by atoms with van der Waals surface area (Å²) in [7, 11) is 0. The van der Waals surface area contributed by atoms with Gasteiger partial charge in [0.15, 0.2) is 0 Å². The third kappa shape index (κ3) is 1.91. The molecule has 2 aromatic carbocycles. The number of aromatic amines is 1. The highest BCUT2D eigenvalue weighted by Crippen LogP contribution is 2.49. The molecule has 0 spiro atoms. The number of H-pyrrole nitrogens is 1. The lowest BCUT2D eigenvalue weighted by atomic mass is 9.95. The van der Waals surface area contributed by atoms with Gasteiger partial charge in [-0.2, -0.15) is 5.10 Å². The third-order valence-electron chi connectivity index (χ3n) is 4.24. The fourth-order valence-electron chi connectivity index (χ4n) is 2.85. The molecule has 0 aliphatic heterocycles. The normalized spacial score (nSPS) is 15.8. The van der Waals surface area contributed by atoms with E-state index in [0.717, 1.165) is 35.0 Å². The maximum Gasteiger partial charge on any atom is 0.235 e. The van der Waals surface area contributed by atoms with Crippen LogP contribution in [0, 0.1) is 0 Å². The molecule has 4 heteroatoms. The summed E-state index contributed by atoms with van der Waals surface area (Å²) in [6.07, 6.45) is 3.56. The molecule has 1 aliphatic rings. The van der Waals surface area contributed by atoms with E-state index in [1.54, 1.807) is 6.20 Å². The van der Waals surface area contributed by atoms with Gasteiger partial charge in [-0.15, -0.1) is 0 Å². The van der Waals surface area contributed by atoms with Crippen molar-refractivity contribution in [2.45, 2.75) is 18.3 Å². The van der Waals surface area contributed by atoms with Crippen LogP contribution in [0.5, 0.6) is 0 Å². The number of rotatable bonds is 3. The summed E-state index contributed by atoms with van der Waals surface area (Å²) in [5, 5.41) is 11.0. The fourth-order valence-corrected chi connectivity index (χ4v) is 2.85. The molecule has 1 aliphatic carbocycles. The molecule has 4 nitrogen and oxygen atoms in total. The SMILES string of the molecule is O=C(Nc1cccc2[nH]ncc12)C1(c2ccccc2)CC1. The molecule has 4 rings (SSSR count). The third-order valence-corrected chi connectivity index (χ3v) is 4.24. The van der Waals surface area contributed by atoms with E-state index >= 15 is 0 Å². The van der Waals surface area contributed by atoms with E-state index in [1.165, 1.54) is 0 Å². The summed E-state index contributed by atoms with van der Waals surface area (Å²) >= 11 is 0. The number of aromatic nitrogens is 2. The van der Waals surface area contributed by atoms with Crippen molar-refractivity contribution in [3.63, 3.8) is 0 Å². The van der Waals surface area contributed by atoms with Crippen molar-refractivity contribution in [1.82, 2.24) is 10.2 Å². The van der Waals surface area contributed by atoms with Gasteiger partial charge in [-0.3, -0.25) is 9.89 Å². The van der Waals surface area contributed by atoms with Gasteiger partial charge in [0, 0.05) is 5.39 Å². The lowest BCUT2D eigenvalue weighted by Crippen LogP contribution is -2.27. The van der Waals surface area contributed by atoms with Gasteiger partial charge in [0.1, 0.15) is 0 Å². The molecule has 1 saturated carbocycles. The Balaban J connectivity index is 1.66. The number of nitrogens with zero attached hydrogens (tertiary/aromatic N) is 1. The van der Waals surface area contributed by atoms with Gasteiger partial charge in [0.2, 0.25) is 5.91 Å². The second-order valence-corrected chi connectivity index (χ2v) is 5.54. The first-order valence-electron chi connectivity index (χ1n) is 7.09.